The van der Waals surface area contributed by atoms with Gasteiger partial charge < -0.3 is 34.5 Å². The molecule has 0 bridgehead atoms. The van der Waals surface area contributed by atoms with Crippen LogP contribution >= 0.6 is 24.0 Å². The molecular weight excluding hydrogens is 535 g/mol. The zero-order chi connectivity index (χ0) is 23.5. The van der Waals surface area contributed by atoms with E-state index in [9.17, 15) is 0 Å². The van der Waals surface area contributed by atoms with Gasteiger partial charge >= 0.3 is 0 Å². The molecule has 1 unspecified atom stereocenters. The molecule has 0 fully saturated rings. The van der Waals surface area contributed by atoms with Crippen LogP contribution in [0.25, 0.3) is 0 Å². The molecule has 33 heavy (non-hydrogen) atoms. The molecule has 0 aliphatic rings. The van der Waals surface area contributed by atoms with Crippen molar-refractivity contribution in [3.8, 4) is 23.0 Å². The van der Waals surface area contributed by atoms with Gasteiger partial charge in [-0.3, -0.25) is 0 Å². The number of rotatable bonds is 11. The van der Waals surface area contributed by atoms with E-state index in [4.69, 9.17) is 23.9 Å². The summed E-state index contributed by atoms with van der Waals surface area (Å²) >= 11 is 0. The van der Waals surface area contributed by atoms with Crippen molar-refractivity contribution in [3.63, 3.8) is 0 Å². The largest absolute Gasteiger partial charge is 0.493 e. The predicted molar refractivity (Wildman–Crippen MR) is 144 cm³/mol. The van der Waals surface area contributed by atoms with Gasteiger partial charge in [0.2, 0.25) is 0 Å². The van der Waals surface area contributed by atoms with Crippen molar-refractivity contribution in [1.29, 1.82) is 0 Å². The predicted octanol–water partition coefficient (Wildman–Crippen LogP) is 3.70. The Morgan fingerprint density at radius 3 is 1.97 bits per heavy atom. The number of methoxy groups -OCH3 is 4. The number of halogens is 1. The van der Waals surface area contributed by atoms with Gasteiger partial charge in [-0.2, -0.15) is 0 Å². The molecule has 0 aliphatic heterocycles. The molecule has 2 aromatic rings. The highest BCUT2D eigenvalue weighted by Crippen LogP contribution is 2.31. The minimum absolute atomic E-state index is 0. The van der Waals surface area contributed by atoms with Crippen LogP contribution in [0.3, 0.4) is 0 Å². The van der Waals surface area contributed by atoms with Crippen LogP contribution in [-0.2, 0) is 6.54 Å². The zero-order valence-electron chi connectivity index (χ0n) is 20.6. The van der Waals surface area contributed by atoms with Crippen molar-refractivity contribution >= 4 is 29.9 Å². The monoisotopic (exact) mass is 572 g/mol. The van der Waals surface area contributed by atoms with Crippen LogP contribution in [0.2, 0.25) is 0 Å². The third-order valence-corrected chi connectivity index (χ3v) is 5.09. The van der Waals surface area contributed by atoms with Crippen LogP contribution in [0.15, 0.2) is 41.4 Å². The van der Waals surface area contributed by atoms with Crippen LogP contribution in [0.5, 0.6) is 23.0 Å². The normalized spacial score (nSPS) is 11.9. The summed E-state index contributed by atoms with van der Waals surface area (Å²) in [5.41, 5.74) is 2.15. The van der Waals surface area contributed by atoms with Gasteiger partial charge in [-0.15, -0.1) is 24.0 Å². The van der Waals surface area contributed by atoms with Crippen molar-refractivity contribution in [2.24, 2.45) is 4.99 Å². The summed E-state index contributed by atoms with van der Waals surface area (Å²) in [6.07, 6.45) is 0. The number of nitrogens with zero attached hydrogens (tertiary/aromatic N) is 2. The van der Waals surface area contributed by atoms with E-state index >= 15 is 0 Å². The molecule has 2 aromatic carbocycles. The highest BCUT2D eigenvalue weighted by molar-refractivity contribution is 14.0. The SMILES string of the molecule is CCNC(=NCc1ccc(OC)c(OC)c1)NCC(c1ccc(OC)c(OC)c1)N(C)C.I. The Hall–Kier alpha value is -2.40. The summed E-state index contributed by atoms with van der Waals surface area (Å²) in [4.78, 5) is 6.89. The molecule has 0 spiro atoms. The molecule has 0 heterocycles. The summed E-state index contributed by atoms with van der Waals surface area (Å²) in [6, 6.07) is 11.9. The molecule has 184 valence electrons. The van der Waals surface area contributed by atoms with Gasteiger partial charge in [0.15, 0.2) is 29.0 Å². The topological polar surface area (TPSA) is 76.6 Å². The molecule has 0 aliphatic carbocycles. The van der Waals surface area contributed by atoms with E-state index in [0.717, 1.165) is 23.6 Å². The lowest BCUT2D eigenvalue weighted by atomic mass is 10.1. The molecule has 0 radical (unpaired) electrons. The quantitative estimate of drug-likeness (QED) is 0.242. The van der Waals surface area contributed by atoms with Crippen LogP contribution in [0, 0.1) is 0 Å². The summed E-state index contributed by atoms with van der Waals surface area (Å²) in [5, 5.41) is 6.77. The Balaban J connectivity index is 0.00000544. The summed E-state index contributed by atoms with van der Waals surface area (Å²) in [6.45, 7) is 3.99. The van der Waals surface area contributed by atoms with Gasteiger partial charge in [0.1, 0.15) is 0 Å². The number of hydrogen-bond donors (Lipinski definition) is 2. The number of aliphatic imine (C=N–C) groups is 1. The van der Waals surface area contributed by atoms with E-state index in [0.29, 0.717) is 36.1 Å². The Morgan fingerprint density at radius 1 is 0.848 bits per heavy atom. The molecule has 8 nitrogen and oxygen atoms in total. The van der Waals surface area contributed by atoms with Gasteiger partial charge in [0, 0.05) is 13.1 Å². The maximum absolute atomic E-state index is 5.47. The molecule has 9 heteroatoms. The van der Waals surface area contributed by atoms with Gasteiger partial charge in [-0.05, 0) is 56.4 Å². The van der Waals surface area contributed by atoms with Crippen LogP contribution in [0.4, 0.5) is 0 Å². The smallest absolute Gasteiger partial charge is 0.191 e. The van der Waals surface area contributed by atoms with Gasteiger partial charge in [0.05, 0.1) is 41.0 Å². The standard InChI is InChI=1S/C24H36N4O4.HI/c1-8-25-24(26-15-17-9-11-20(29-4)22(13-17)31-6)27-16-19(28(2)3)18-10-12-21(30-5)23(14-18)32-7;/h9-14,19H,8,15-16H2,1-7H3,(H2,25,26,27);1H. The molecule has 0 aromatic heterocycles. The van der Waals surface area contributed by atoms with Crippen LogP contribution in [-0.4, -0.2) is 66.5 Å². The van der Waals surface area contributed by atoms with Crippen molar-refractivity contribution in [1.82, 2.24) is 15.5 Å². The highest BCUT2D eigenvalue weighted by Gasteiger charge is 2.17. The Bertz CT molecular complexity index is 893. The minimum Gasteiger partial charge on any atom is -0.493 e. The zero-order valence-corrected chi connectivity index (χ0v) is 22.9. The Kier molecular flexibility index (Phi) is 12.7. The fourth-order valence-corrected chi connectivity index (χ4v) is 3.34. The fraction of sp³-hybridized carbons (Fsp3) is 0.458. The second-order valence-corrected chi connectivity index (χ2v) is 7.36. The van der Waals surface area contributed by atoms with E-state index < -0.39 is 0 Å². The summed E-state index contributed by atoms with van der Waals surface area (Å²) < 4.78 is 21.5. The first-order valence-corrected chi connectivity index (χ1v) is 10.6. The van der Waals surface area contributed by atoms with E-state index in [1.807, 2.05) is 37.3 Å². The number of nitrogens with one attached hydrogen (secondary N) is 2. The van der Waals surface area contributed by atoms with Crippen molar-refractivity contribution in [2.75, 3.05) is 55.6 Å². The van der Waals surface area contributed by atoms with E-state index in [1.165, 1.54) is 0 Å². The molecule has 2 rings (SSSR count). The van der Waals surface area contributed by atoms with Crippen LogP contribution < -0.4 is 29.6 Å². The Morgan fingerprint density at radius 2 is 1.42 bits per heavy atom. The Labute approximate surface area is 214 Å². The average molecular weight is 572 g/mol. The molecular formula is C24H37IN4O4. The van der Waals surface area contributed by atoms with E-state index in [1.54, 1.807) is 28.4 Å². The van der Waals surface area contributed by atoms with Gasteiger partial charge in [-0.25, -0.2) is 4.99 Å². The van der Waals surface area contributed by atoms with E-state index in [2.05, 4.69) is 35.7 Å². The maximum atomic E-state index is 5.47. The second-order valence-electron chi connectivity index (χ2n) is 7.36. The molecule has 0 saturated heterocycles. The minimum atomic E-state index is 0. The average Bonchev–Trinajstić information content (AvgIpc) is 2.81. The van der Waals surface area contributed by atoms with Gasteiger partial charge in [0.25, 0.3) is 0 Å². The fourth-order valence-electron chi connectivity index (χ4n) is 3.34. The molecule has 1 atom stereocenters. The number of likely N-dealkylation sites (N-methyl/N-ethyl adjacent to an activating group) is 1. The second kappa shape index (κ2) is 14.7. The van der Waals surface area contributed by atoms with Crippen molar-refractivity contribution in [3.05, 3.63) is 47.5 Å². The number of benzene rings is 2. The number of ether oxygens (including phenoxy) is 4. The third kappa shape index (κ3) is 8.15. The van der Waals surface area contributed by atoms with Gasteiger partial charge in [-0.1, -0.05) is 12.1 Å². The molecule has 0 amide bonds. The van der Waals surface area contributed by atoms with E-state index in [-0.39, 0.29) is 30.0 Å². The summed E-state index contributed by atoms with van der Waals surface area (Å²) in [5.74, 6) is 3.57. The lowest BCUT2D eigenvalue weighted by Crippen LogP contribution is -2.41. The lowest BCUT2D eigenvalue weighted by Gasteiger charge is -2.26. The molecule has 0 saturated carbocycles. The lowest BCUT2D eigenvalue weighted by molar-refractivity contribution is 0.295. The van der Waals surface area contributed by atoms with Crippen molar-refractivity contribution in [2.45, 2.75) is 19.5 Å². The first kappa shape index (κ1) is 28.6. The van der Waals surface area contributed by atoms with Crippen LogP contribution in [0.1, 0.15) is 24.1 Å². The number of hydrogen-bond acceptors (Lipinski definition) is 6. The number of guanidine groups is 1. The summed E-state index contributed by atoms with van der Waals surface area (Å²) in [7, 11) is 10.6. The maximum Gasteiger partial charge on any atom is 0.191 e. The first-order chi connectivity index (χ1) is 15.5. The highest BCUT2D eigenvalue weighted by atomic mass is 127. The first-order valence-electron chi connectivity index (χ1n) is 10.6. The third-order valence-electron chi connectivity index (χ3n) is 5.09. The molecule has 2 N–H and O–H groups in total. The van der Waals surface area contributed by atoms with Crippen molar-refractivity contribution < 1.29 is 18.9 Å².